The van der Waals surface area contributed by atoms with Gasteiger partial charge >= 0.3 is 0 Å². The van der Waals surface area contributed by atoms with Gasteiger partial charge in [-0.3, -0.25) is 4.79 Å². The lowest BCUT2D eigenvalue weighted by molar-refractivity contribution is -0.121. The number of hydrogen-bond acceptors (Lipinski definition) is 2. The second-order valence-electron chi connectivity index (χ2n) is 4.10. The predicted octanol–water partition coefficient (Wildman–Crippen LogP) is 2.65. The van der Waals surface area contributed by atoms with Crippen molar-refractivity contribution in [3.63, 3.8) is 0 Å². The number of allylic oxidation sites excluding steroid dienone is 6. The first-order valence-electron chi connectivity index (χ1n) is 5.94. The Morgan fingerprint density at radius 2 is 2.31 bits per heavy atom. The van der Waals surface area contributed by atoms with E-state index >= 15 is 0 Å². The van der Waals surface area contributed by atoms with Gasteiger partial charge in [-0.25, -0.2) is 0 Å². The molecule has 1 rings (SSSR count). The molecular formula is C14H20O2. The van der Waals surface area contributed by atoms with Gasteiger partial charge in [-0.1, -0.05) is 43.7 Å². The summed E-state index contributed by atoms with van der Waals surface area (Å²) < 4.78 is 0. The van der Waals surface area contributed by atoms with Gasteiger partial charge in [0.1, 0.15) is 0 Å². The molecule has 2 unspecified atom stereocenters. The minimum Gasteiger partial charge on any atom is -0.396 e. The highest BCUT2D eigenvalue weighted by Gasteiger charge is 2.25. The van der Waals surface area contributed by atoms with Crippen LogP contribution < -0.4 is 0 Å². The molecule has 16 heavy (non-hydrogen) atoms. The maximum atomic E-state index is 11.5. The van der Waals surface area contributed by atoms with Crippen molar-refractivity contribution in [3.05, 3.63) is 36.5 Å². The molecule has 0 aromatic rings. The van der Waals surface area contributed by atoms with E-state index in [4.69, 9.17) is 5.11 Å². The molecule has 0 heterocycles. The topological polar surface area (TPSA) is 37.3 Å². The van der Waals surface area contributed by atoms with Crippen molar-refractivity contribution in [1.29, 1.82) is 0 Å². The number of carbonyl (C=O) groups is 1. The lowest BCUT2D eigenvalue weighted by Crippen LogP contribution is -2.27. The summed E-state index contributed by atoms with van der Waals surface area (Å²) in [5.74, 6) is -0.0597. The van der Waals surface area contributed by atoms with Gasteiger partial charge in [0.05, 0.1) is 12.5 Å². The molecule has 0 aromatic heterocycles. The fraction of sp³-hybridized carbons (Fsp3) is 0.500. The van der Waals surface area contributed by atoms with Crippen LogP contribution in [0.5, 0.6) is 0 Å². The second kappa shape index (κ2) is 7.18. The van der Waals surface area contributed by atoms with Crippen LogP contribution in [0.4, 0.5) is 0 Å². The van der Waals surface area contributed by atoms with E-state index in [9.17, 15) is 4.79 Å². The fourth-order valence-corrected chi connectivity index (χ4v) is 1.83. The Morgan fingerprint density at radius 3 is 3.00 bits per heavy atom. The predicted molar refractivity (Wildman–Crippen MR) is 66.0 cm³/mol. The maximum absolute atomic E-state index is 11.5. The molecule has 2 nitrogen and oxygen atoms in total. The van der Waals surface area contributed by atoms with E-state index in [1.807, 2.05) is 24.3 Å². The van der Waals surface area contributed by atoms with Crippen LogP contribution in [0, 0.1) is 11.8 Å². The first kappa shape index (κ1) is 12.9. The summed E-state index contributed by atoms with van der Waals surface area (Å²) >= 11 is 0. The Kier molecular flexibility index (Phi) is 5.79. The number of rotatable bonds is 5. The molecule has 88 valence electrons. The molecule has 1 aliphatic rings. The van der Waals surface area contributed by atoms with Crippen molar-refractivity contribution in [2.24, 2.45) is 11.8 Å². The van der Waals surface area contributed by atoms with Crippen LogP contribution in [-0.4, -0.2) is 17.5 Å². The number of aliphatic hydroxyl groups is 1. The molecule has 0 radical (unpaired) electrons. The molecule has 1 N–H and O–H groups in total. The highest BCUT2D eigenvalue weighted by Crippen LogP contribution is 2.23. The quantitative estimate of drug-likeness (QED) is 0.723. The van der Waals surface area contributed by atoms with Crippen molar-refractivity contribution in [2.45, 2.75) is 26.2 Å². The van der Waals surface area contributed by atoms with Crippen LogP contribution in [-0.2, 0) is 4.79 Å². The molecule has 0 amide bonds. The third-order valence-corrected chi connectivity index (χ3v) is 2.83. The van der Waals surface area contributed by atoms with Gasteiger partial charge in [-0.2, -0.15) is 0 Å². The number of ketones is 1. The van der Waals surface area contributed by atoms with E-state index in [2.05, 4.69) is 13.0 Å². The van der Waals surface area contributed by atoms with Crippen LogP contribution in [0.25, 0.3) is 0 Å². The van der Waals surface area contributed by atoms with Crippen molar-refractivity contribution in [2.75, 3.05) is 6.61 Å². The molecule has 0 fully saturated rings. The average Bonchev–Trinajstić information content (AvgIpc) is 2.29. The van der Waals surface area contributed by atoms with Crippen LogP contribution in [0.3, 0.4) is 0 Å². The molecule has 1 aliphatic carbocycles. The summed E-state index contributed by atoms with van der Waals surface area (Å²) in [5, 5.41) is 9.17. The van der Waals surface area contributed by atoms with Gasteiger partial charge in [0.2, 0.25) is 0 Å². The molecule has 0 bridgehead atoms. The van der Waals surface area contributed by atoms with Gasteiger partial charge in [0.15, 0.2) is 5.78 Å². The maximum Gasteiger partial charge on any atom is 0.161 e. The van der Waals surface area contributed by atoms with Gasteiger partial charge in [-0.05, 0) is 24.8 Å². The zero-order valence-electron chi connectivity index (χ0n) is 9.80. The molecule has 0 saturated heterocycles. The number of aliphatic hydroxyl groups excluding tert-OH is 1. The van der Waals surface area contributed by atoms with Gasteiger partial charge in [-0.15, -0.1) is 0 Å². The first-order chi connectivity index (χ1) is 7.79. The lowest BCUT2D eigenvalue weighted by atomic mass is 9.82. The lowest BCUT2D eigenvalue weighted by Gasteiger charge is -2.22. The number of carbonyl (C=O) groups excluding carboxylic acids is 1. The van der Waals surface area contributed by atoms with Gasteiger partial charge < -0.3 is 5.11 Å². The van der Waals surface area contributed by atoms with Crippen molar-refractivity contribution in [3.8, 4) is 0 Å². The molecule has 2 heteroatoms. The van der Waals surface area contributed by atoms with Crippen molar-refractivity contribution >= 4 is 5.78 Å². The highest BCUT2D eigenvalue weighted by atomic mass is 16.3. The Bertz CT molecular complexity index is 300. The van der Waals surface area contributed by atoms with E-state index in [0.717, 1.165) is 19.3 Å². The molecule has 0 aliphatic heterocycles. The summed E-state index contributed by atoms with van der Waals surface area (Å²) in [5.41, 5.74) is 0. The summed E-state index contributed by atoms with van der Waals surface area (Å²) in [6, 6.07) is 0. The molecule has 2 atom stereocenters. The van der Waals surface area contributed by atoms with E-state index < -0.39 is 0 Å². The van der Waals surface area contributed by atoms with Crippen LogP contribution in [0.15, 0.2) is 36.5 Å². The van der Waals surface area contributed by atoms with Crippen molar-refractivity contribution in [1.82, 2.24) is 0 Å². The van der Waals surface area contributed by atoms with Crippen LogP contribution >= 0.6 is 0 Å². The summed E-state index contributed by atoms with van der Waals surface area (Å²) in [7, 11) is 0. The largest absolute Gasteiger partial charge is 0.396 e. The van der Waals surface area contributed by atoms with E-state index in [1.165, 1.54) is 0 Å². The Balaban J connectivity index is 2.52. The molecule has 0 aromatic carbocycles. The van der Waals surface area contributed by atoms with Crippen LogP contribution in [0.2, 0.25) is 0 Å². The minimum atomic E-state index is -0.249. The molecule has 0 spiro atoms. The Hall–Kier alpha value is -1.15. The normalized spacial score (nSPS) is 26.0. The molecule has 0 saturated carbocycles. The Morgan fingerprint density at radius 1 is 1.50 bits per heavy atom. The van der Waals surface area contributed by atoms with Gasteiger partial charge in [0, 0.05) is 0 Å². The Labute approximate surface area is 97.4 Å². The van der Waals surface area contributed by atoms with E-state index in [1.54, 1.807) is 6.08 Å². The zero-order valence-corrected chi connectivity index (χ0v) is 9.80. The summed E-state index contributed by atoms with van der Waals surface area (Å²) in [4.78, 5) is 11.5. The first-order valence-corrected chi connectivity index (χ1v) is 5.94. The second-order valence-corrected chi connectivity index (χ2v) is 4.10. The molecular weight excluding hydrogens is 200 g/mol. The standard InChI is InChI=1S/C14H20O2/c1-2-3-4-5-6-8-12-9-7-10-14(16)13(12)11-15/h4-8,10,12-13,15H,2-3,9,11H2,1H3. The van der Waals surface area contributed by atoms with Crippen LogP contribution in [0.1, 0.15) is 26.2 Å². The third kappa shape index (κ3) is 3.78. The number of unbranched alkanes of at least 4 members (excludes halogenated alkanes) is 1. The van der Waals surface area contributed by atoms with Gasteiger partial charge in [0.25, 0.3) is 0 Å². The van der Waals surface area contributed by atoms with E-state index in [-0.39, 0.29) is 24.2 Å². The minimum absolute atomic E-state index is 0.0425. The van der Waals surface area contributed by atoms with E-state index in [0.29, 0.717) is 0 Å². The number of hydrogen-bond donors (Lipinski definition) is 1. The summed E-state index contributed by atoms with van der Waals surface area (Å²) in [6.45, 7) is 2.08. The van der Waals surface area contributed by atoms with Crippen molar-refractivity contribution < 1.29 is 9.90 Å². The SMILES string of the molecule is CCCC=CC=CC1CC=CC(=O)C1CO. The fourth-order valence-electron chi connectivity index (χ4n) is 1.83. The third-order valence-electron chi connectivity index (χ3n) is 2.83. The highest BCUT2D eigenvalue weighted by molar-refractivity contribution is 5.93. The monoisotopic (exact) mass is 220 g/mol. The average molecular weight is 220 g/mol. The smallest absolute Gasteiger partial charge is 0.161 e. The summed E-state index contributed by atoms with van der Waals surface area (Å²) in [6.07, 6.45) is 14.7. The zero-order chi connectivity index (χ0) is 11.8.